The van der Waals surface area contributed by atoms with Gasteiger partial charge >= 0.3 is 0 Å². The van der Waals surface area contributed by atoms with Crippen molar-refractivity contribution < 1.29 is 9.53 Å². The summed E-state index contributed by atoms with van der Waals surface area (Å²) in [5.74, 6) is 0.364. The van der Waals surface area contributed by atoms with E-state index < -0.39 is 5.41 Å². The van der Waals surface area contributed by atoms with Crippen LogP contribution in [0.5, 0.6) is 5.75 Å². The molecule has 0 spiro atoms. The number of nitriles is 1. The smallest absolute Gasteiger partial charge is 0.224 e. The molecule has 0 aliphatic carbocycles. The van der Waals surface area contributed by atoms with E-state index in [-0.39, 0.29) is 5.91 Å². The van der Waals surface area contributed by atoms with Gasteiger partial charge in [-0.05, 0) is 32.0 Å². The summed E-state index contributed by atoms with van der Waals surface area (Å²) in [5.41, 5.74) is 5.53. The predicted octanol–water partition coefficient (Wildman–Crippen LogP) is 1.13. The second kappa shape index (κ2) is 5.93. The third-order valence-electron chi connectivity index (χ3n) is 3.82. The zero-order chi connectivity index (χ0) is 14.6. The van der Waals surface area contributed by atoms with Crippen molar-refractivity contribution in [3.63, 3.8) is 0 Å². The van der Waals surface area contributed by atoms with E-state index in [4.69, 9.17) is 15.7 Å². The van der Waals surface area contributed by atoms with E-state index in [1.807, 2.05) is 19.1 Å². The Morgan fingerprint density at radius 1 is 1.55 bits per heavy atom. The van der Waals surface area contributed by atoms with Gasteiger partial charge in [-0.15, -0.1) is 0 Å². The standard InChI is InChI=1S/C15H19N3O2/c1-15(14(17)19)6-7-18(11-15)8-9-20-13-5-3-2-4-12(13)10-16/h2-5H,6-9,11H2,1H3,(H2,17,19). The summed E-state index contributed by atoms with van der Waals surface area (Å²) >= 11 is 0. The van der Waals surface area contributed by atoms with E-state index in [2.05, 4.69) is 11.0 Å². The lowest BCUT2D eigenvalue weighted by molar-refractivity contribution is -0.126. The number of carbonyl (C=O) groups is 1. The molecule has 1 aromatic carbocycles. The van der Waals surface area contributed by atoms with Gasteiger partial charge in [0.2, 0.25) is 5.91 Å². The zero-order valence-corrected chi connectivity index (χ0v) is 11.6. The summed E-state index contributed by atoms with van der Waals surface area (Å²) in [6, 6.07) is 9.27. The molecule has 2 rings (SSSR count). The van der Waals surface area contributed by atoms with Crippen molar-refractivity contribution in [2.45, 2.75) is 13.3 Å². The number of rotatable bonds is 5. The fourth-order valence-corrected chi connectivity index (χ4v) is 2.42. The normalized spacial score (nSPS) is 22.4. The average molecular weight is 273 g/mol. The van der Waals surface area contributed by atoms with E-state index in [0.717, 1.165) is 19.5 Å². The highest BCUT2D eigenvalue weighted by Crippen LogP contribution is 2.29. The summed E-state index contributed by atoms with van der Waals surface area (Å²) in [5, 5.41) is 8.97. The molecule has 1 amide bonds. The van der Waals surface area contributed by atoms with Gasteiger partial charge in [-0.1, -0.05) is 12.1 Å². The third-order valence-corrected chi connectivity index (χ3v) is 3.82. The molecular formula is C15H19N3O2. The number of hydrogen-bond donors (Lipinski definition) is 1. The van der Waals surface area contributed by atoms with Gasteiger partial charge in [-0.2, -0.15) is 5.26 Å². The molecule has 5 heteroatoms. The van der Waals surface area contributed by atoms with Crippen LogP contribution in [0.1, 0.15) is 18.9 Å². The molecule has 1 aromatic rings. The highest BCUT2D eigenvalue weighted by Gasteiger charge is 2.38. The number of likely N-dealkylation sites (tertiary alicyclic amines) is 1. The van der Waals surface area contributed by atoms with Gasteiger partial charge < -0.3 is 10.5 Å². The highest BCUT2D eigenvalue weighted by atomic mass is 16.5. The maximum atomic E-state index is 11.4. The number of ether oxygens (including phenoxy) is 1. The molecule has 2 N–H and O–H groups in total. The Labute approximate surface area is 118 Å². The Morgan fingerprint density at radius 3 is 2.95 bits per heavy atom. The van der Waals surface area contributed by atoms with Crippen LogP contribution in [0.4, 0.5) is 0 Å². The minimum Gasteiger partial charge on any atom is -0.491 e. The highest BCUT2D eigenvalue weighted by molar-refractivity contribution is 5.81. The molecule has 1 aliphatic heterocycles. The monoisotopic (exact) mass is 273 g/mol. The summed E-state index contributed by atoms with van der Waals surface area (Å²) in [4.78, 5) is 13.5. The Balaban J connectivity index is 1.83. The molecule has 0 bridgehead atoms. The largest absolute Gasteiger partial charge is 0.491 e. The fraction of sp³-hybridized carbons (Fsp3) is 0.467. The van der Waals surface area contributed by atoms with Crippen molar-refractivity contribution >= 4 is 5.91 Å². The van der Waals surface area contributed by atoms with Crippen LogP contribution in [0, 0.1) is 16.7 Å². The molecular weight excluding hydrogens is 254 g/mol. The topological polar surface area (TPSA) is 79.3 Å². The van der Waals surface area contributed by atoms with Crippen molar-refractivity contribution in [1.82, 2.24) is 4.90 Å². The summed E-state index contributed by atoms with van der Waals surface area (Å²) < 4.78 is 5.64. The SMILES string of the molecule is CC1(C(N)=O)CCN(CCOc2ccccc2C#N)C1. The number of amides is 1. The number of carbonyl (C=O) groups excluding carboxylic acids is 1. The number of para-hydroxylation sites is 1. The fourth-order valence-electron chi connectivity index (χ4n) is 2.42. The second-order valence-electron chi connectivity index (χ2n) is 5.41. The lowest BCUT2D eigenvalue weighted by Crippen LogP contribution is -2.37. The van der Waals surface area contributed by atoms with E-state index in [1.165, 1.54) is 0 Å². The van der Waals surface area contributed by atoms with Crippen LogP contribution in [0.15, 0.2) is 24.3 Å². The number of nitrogens with two attached hydrogens (primary N) is 1. The van der Waals surface area contributed by atoms with Crippen molar-refractivity contribution in [2.24, 2.45) is 11.1 Å². The number of primary amides is 1. The maximum Gasteiger partial charge on any atom is 0.224 e. The first-order chi connectivity index (χ1) is 9.55. The van der Waals surface area contributed by atoms with E-state index in [0.29, 0.717) is 24.5 Å². The van der Waals surface area contributed by atoms with Crippen molar-refractivity contribution in [3.8, 4) is 11.8 Å². The van der Waals surface area contributed by atoms with E-state index in [9.17, 15) is 4.79 Å². The lowest BCUT2D eigenvalue weighted by Gasteiger charge is -2.21. The Morgan fingerprint density at radius 2 is 2.30 bits per heavy atom. The van der Waals surface area contributed by atoms with Gasteiger partial charge in [0.25, 0.3) is 0 Å². The van der Waals surface area contributed by atoms with Crippen LogP contribution in [-0.2, 0) is 4.79 Å². The van der Waals surface area contributed by atoms with Crippen LogP contribution >= 0.6 is 0 Å². The first kappa shape index (κ1) is 14.4. The molecule has 0 saturated carbocycles. The average Bonchev–Trinajstić information content (AvgIpc) is 2.82. The van der Waals surface area contributed by atoms with Crippen molar-refractivity contribution in [1.29, 1.82) is 5.26 Å². The number of benzene rings is 1. The Kier molecular flexibility index (Phi) is 4.26. The molecule has 0 radical (unpaired) electrons. The van der Waals surface area contributed by atoms with Gasteiger partial charge in [0.05, 0.1) is 11.0 Å². The van der Waals surface area contributed by atoms with E-state index >= 15 is 0 Å². The predicted molar refractivity (Wildman–Crippen MR) is 75.0 cm³/mol. The summed E-state index contributed by atoms with van der Waals surface area (Å²) in [7, 11) is 0. The molecule has 1 atom stereocenters. The molecule has 1 fully saturated rings. The van der Waals surface area contributed by atoms with Gasteiger partial charge in [0, 0.05) is 13.1 Å². The zero-order valence-electron chi connectivity index (χ0n) is 11.6. The summed E-state index contributed by atoms with van der Waals surface area (Å²) in [6.45, 7) is 4.64. The van der Waals surface area contributed by atoms with E-state index in [1.54, 1.807) is 12.1 Å². The number of hydrogen-bond acceptors (Lipinski definition) is 4. The molecule has 106 valence electrons. The van der Waals surface area contributed by atoms with Crippen molar-refractivity contribution in [2.75, 3.05) is 26.2 Å². The van der Waals surface area contributed by atoms with Crippen LogP contribution in [0.2, 0.25) is 0 Å². The third kappa shape index (κ3) is 3.09. The van der Waals surface area contributed by atoms with Gasteiger partial charge in [-0.25, -0.2) is 0 Å². The van der Waals surface area contributed by atoms with Crippen LogP contribution in [0.25, 0.3) is 0 Å². The second-order valence-corrected chi connectivity index (χ2v) is 5.41. The van der Waals surface area contributed by atoms with Crippen molar-refractivity contribution in [3.05, 3.63) is 29.8 Å². The molecule has 20 heavy (non-hydrogen) atoms. The number of nitrogens with zero attached hydrogens (tertiary/aromatic N) is 2. The summed E-state index contributed by atoms with van der Waals surface area (Å²) in [6.07, 6.45) is 0.789. The lowest BCUT2D eigenvalue weighted by atomic mass is 9.89. The molecule has 1 aliphatic rings. The molecule has 1 heterocycles. The van der Waals surface area contributed by atoms with Crippen LogP contribution < -0.4 is 10.5 Å². The van der Waals surface area contributed by atoms with Gasteiger partial charge in [0.1, 0.15) is 18.4 Å². The first-order valence-corrected chi connectivity index (χ1v) is 6.69. The van der Waals surface area contributed by atoms with Gasteiger partial charge in [-0.3, -0.25) is 9.69 Å². The van der Waals surface area contributed by atoms with Crippen LogP contribution in [0.3, 0.4) is 0 Å². The molecule has 5 nitrogen and oxygen atoms in total. The first-order valence-electron chi connectivity index (χ1n) is 6.69. The molecule has 0 aromatic heterocycles. The Hall–Kier alpha value is -2.06. The van der Waals surface area contributed by atoms with Gasteiger partial charge in [0.15, 0.2) is 0 Å². The molecule has 1 saturated heterocycles. The quantitative estimate of drug-likeness (QED) is 0.872. The molecule has 1 unspecified atom stereocenters. The minimum absolute atomic E-state index is 0.240. The Bertz CT molecular complexity index is 538. The van der Waals surface area contributed by atoms with Crippen LogP contribution in [-0.4, -0.2) is 37.0 Å². The minimum atomic E-state index is -0.426. The maximum absolute atomic E-state index is 11.4.